The van der Waals surface area contributed by atoms with E-state index in [4.69, 9.17) is 14.7 Å². The lowest BCUT2D eigenvalue weighted by atomic mass is 10.1. The average Bonchev–Trinajstić information content (AvgIpc) is 3.20. The summed E-state index contributed by atoms with van der Waals surface area (Å²) >= 11 is 0. The number of methoxy groups -OCH3 is 1. The van der Waals surface area contributed by atoms with Crippen molar-refractivity contribution in [1.82, 2.24) is 14.5 Å². The van der Waals surface area contributed by atoms with Crippen molar-refractivity contribution in [2.24, 2.45) is 0 Å². The van der Waals surface area contributed by atoms with Gasteiger partial charge in [0.25, 0.3) is 11.8 Å². The van der Waals surface area contributed by atoms with Crippen LogP contribution >= 0.6 is 0 Å². The normalized spacial score (nSPS) is 13.6. The number of nitrogens with one attached hydrogen (secondary N) is 1. The van der Waals surface area contributed by atoms with Crippen LogP contribution in [0.1, 0.15) is 32.7 Å². The summed E-state index contributed by atoms with van der Waals surface area (Å²) < 4.78 is 12.4. The second-order valence-electron chi connectivity index (χ2n) is 7.69. The number of fused-ring (bicyclic) bond motifs is 1. The van der Waals surface area contributed by atoms with Crippen LogP contribution in [0.2, 0.25) is 0 Å². The van der Waals surface area contributed by atoms with Gasteiger partial charge in [-0.05, 0) is 42.8 Å². The molecule has 2 heterocycles. The highest BCUT2D eigenvalue weighted by Gasteiger charge is 2.21. The zero-order chi connectivity index (χ0) is 23.2. The van der Waals surface area contributed by atoms with Crippen molar-refractivity contribution in [3.8, 4) is 6.07 Å². The van der Waals surface area contributed by atoms with Crippen LogP contribution in [0.15, 0.2) is 42.5 Å². The van der Waals surface area contributed by atoms with E-state index in [2.05, 4.69) is 10.3 Å². The Kier molecular flexibility index (Phi) is 6.98. The summed E-state index contributed by atoms with van der Waals surface area (Å²) in [6, 6.07) is 13.9. The van der Waals surface area contributed by atoms with Gasteiger partial charge in [0.05, 0.1) is 35.9 Å². The number of nitriles is 1. The zero-order valence-electron chi connectivity index (χ0n) is 18.4. The molecule has 33 heavy (non-hydrogen) atoms. The van der Waals surface area contributed by atoms with E-state index in [1.807, 2.05) is 16.7 Å². The number of morpholine rings is 1. The van der Waals surface area contributed by atoms with E-state index in [0.717, 1.165) is 11.9 Å². The summed E-state index contributed by atoms with van der Waals surface area (Å²) in [5.74, 6) is -0.0440. The zero-order valence-corrected chi connectivity index (χ0v) is 18.4. The van der Waals surface area contributed by atoms with Crippen molar-refractivity contribution in [2.75, 3.05) is 45.3 Å². The van der Waals surface area contributed by atoms with Crippen LogP contribution < -0.4 is 5.32 Å². The smallest absolute Gasteiger partial charge is 0.258 e. The summed E-state index contributed by atoms with van der Waals surface area (Å²) in [5, 5.41) is 12.0. The molecule has 3 aromatic rings. The van der Waals surface area contributed by atoms with Gasteiger partial charge < -0.3 is 18.9 Å². The molecule has 0 unspecified atom stereocenters. The molecule has 1 fully saturated rings. The molecule has 0 spiro atoms. The Hall–Kier alpha value is -3.74. The van der Waals surface area contributed by atoms with Gasteiger partial charge in [0.15, 0.2) is 0 Å². The predicted octanol–water partition coefficient (Wildman–Crippen LogP) is 2.67. The van der Waals surface area contributed by atoms with Crippen molar-refractivity contribution < 1.29 is 19.1 Å². The van der Waals surface area contributed by atoms with Crippen molar-refractivity contribution >= 4 is 28.8 Å². The summed E-state index contributed by atoms with van der Waals surface area (Å²) in [5.41, 5.74) is 2.75. The summed E-state index contributed by atoms with van der Waals surface area (Å²) in [4.78, 5) is 32.1. The Labute approximate surface area is 191 Å². The van der Waals surface area contributed by atoms with Gasteiger partial charge in [0.2, 0.25) is 5.95 Å². The molecule has 0 saturated carbocycles. The molecule has 0 aliphatic carbocycles. The van der Waals surface area contributed by atoms with Crippen LogP contribution in [0, 0.1) is 11.3 Å². The number of aryl methyl sites for hydroxylation is 1. The van der Waals surface area contributed by atoms with E-state index in [0.29, 0.717) is 67.6 Å². The fraction of sp³-hybridized carbons (Fsp3) is 0.333. The van der Waals surface area contributed by atoms with Gasteiger partial charge in [-0.3, -0.25) is 14.9 Å². The number of hydrogen-bond donors (Lipinski definition) is 1. The van der Waals surface area contributed by atoms with E-state index in [9.17, 15) is 9.59 Å². The topological polar surface area (TPSA) is 109 Å². The molecule has 0 radical (unpaired) electrons. The largest absolute Gasteiger partial charge is 0.385 e. The highest BCUT2D eigenvalue weighted by molar-refractivity contribution is 6.04. The highest BCUT2D eigenvalue weighted by Crippen LogP contribution is 2.23. The number of hydrogen-bond acceptors (Lipinski definition) is 6. The number of nitrogens with zero attached hydrogens (tertiary/aromatic N) is 4. The molecule has 1 aromatic heterocycles. The minimum absolute atomic E-state index is 0.0620. The Balaban J connectivity index is 1.64. The summed E-state index contributed by atoms with van der Waals surface area (Å²) in [6.45, 7) is 3.33. The average molecular weight is 447 g/mol. The number of rotatable bonds is 7. The Bertz CT molecular complexity index is 1210. The molecular formula is C24H25N5O4. The number of aromatic nitrogens is 2. The van der Waals surface area contributed by atoms with E-state index >= 15 is 0 Å². The van der Waals surface area contributed by atoms with Crippen LogP contribution in [-0.4, -0.2) is 66.3 Å². The molecule has 2 amide bonds. The highest BCUT2D eigenvalue weighted by atomic mass is 16.5. The van der Waals surface area contributed by atoms with Gasteiger partial charge in [0.1, 0.15) is 0 Å². The number of carbonyl (C=O) groups excluding carboxylic acids is 2. The van der Waals surface area contributed by atoms with Gasteiger partial charge in [-0.2, -0.15) is 5.26 Å². The van der Waals surface area contributed by atoms with Crippen LogP contribution in [0.4, 0.5) is 5.95 Å². The van der Waals surface area contributed by atoms with E-state index in [1.165, 1.54) is 6.07 Å². The minimum atomic E-state index is -0.361. The van der Waals surface area contributed by atoms with Crippen molar-refractivity contribution in [1.29, 1.82) is 5.26 Å². The first-order chi connectivity index (χ1) is 16.1. The van der Waals surface area contributed by atoms with Gasteiger partial charge in [0, 0.05) is 44.5 Å². The fourth-order valence-electron chi connectivity index (χ4n) is 3.80. The molecule has 2 aromatic carbocycles. The van der Waals surface area contributed by atoms with Gasteiger partial charge in [-0.15, -0.1) is 0 Å². The number of imidazole rings is 1. The quantitative estimate of drug-likeness (QED) is 0.558. The number of carbonyl (C=O) groups is 2. The van der Waals surface area contributed by atoms with Crippen molar-refractivity contribution in [2.45, 2.75) is 13.0 Å². The number of amides is 2. The monoisotopic (exact) mass is 447 g/mol. The molecule has 0 atom stereocenters. The molecule has 1 saturated heterocycles. The third-order valence-corrected chi connectivity index (χ3v) is 5.50. The van der Waals surface area contributed by atoms with Crippen LogP contribution in [0.5, 0.6) is 0 Å². The first kappa shape index (κ1) is 22.5. The Morgan fingerprint density at radius 2 is 2.00 bits per heavy atom. The molecule has 1 N–H and O–H groups in total. The SMILES string of the molecule is COCCCn1c(NC(=O)c2cccc(C#N)c2)nc2cc(C(=O)N3CCOCC3)ccc21. The first-order valence-corrected chi connectivity index (χ1v) is 10.8. The van der Waals surface area contributed by atoms with Crippen LogP contribution in [-0.2, 0) is 16.0 Å². The lowest BCUT2D eigenvalue weighted by Crippen LogP contribution is -2.40. The molecule has 4 rings (SSSR count). The van der Waals surface area contributed by atoms with Gasteiger partial charge in [-0.25, -0.2) is 4.98 Å². The van der Waals surface area contributed by atoms with Crippen LogP contribution in [0.3, 0.4) is 0 Å². The third-order valence-electron chi connectivity index (χ3n) is 5.50. The van der Waals surface area contributed by atoms with Gasteiger partial charge >= 0.3 is 0 Å². The molecule has 9 heteroatoms. The van der Waals surface area contributed by atoms with E-state index < -0.39 is 0 Å². The van der Waals surface area contributed by atoms with Crippen molar-refractivity contribution in [3.05, 3.63) is 59.2 Å². The van der Waals surface area contributed by atoms with Gasteiger partial charge in [-0.1, -0.05) is 6.07 Å². The minimum Gasteiger partial charge on any atom is -0.385 e. The molecule has 1 aliphatic rings. The molecule has 0 bridgehead atoms. The maximum Gasteiger partial charge on any atom is 0.258 e. The Morgan fingerprint density at radius 1 is 1.18 bits per heavy atom. The van der Waals surface area contributed by atoms with Crippen molar-refractivity contribution in [3.63, 3.8) is 0 Å². The lowest BCUT2D eigenvalue weighted by molar-refractivity contribution is 0.0303. The predicted molar refractivity (Wildman–Crippen MR) is 122 cm³/mol. The fourth-order valence-corrected chi connectivity index (χ4v) is 3.80. The van der Waals surface area contributed by atoms with Crippen LogP contribution in [0.25, 0.3) is 11.0 Å². The maximum absolute atomic E-state index is 12.9. The second kappa shape index (κ2) is 10.3. The molecule has 1 aliphatic heterocycles. The Morgan fingerprint density at radius 3 is 2.76 bits per heavy atom. The third kappa shape index (κ3) is 5.03. The molecule has 170 valence electrons. The number of benzene rings is 2. The molecule has 9 nitrogen and oxygen atoms in total. The number of anilines is 1. The van der Waals surface area contributed by atoms with E-state index in [-0.39, 0.29) is 11.8 Å². The lowest BCUT2D eigenvalue weighted by Gasteiger charge is -2.26. The summed E-state index contributed by atoms with van der Waals surface area (Å²) in [6.07, 6.45) is 0.725. The second-order valence-corrected chi connectivity index (χ2v) is 7.69. The van der Waals surface area contributed by atoms with E-state index in [1.54, 1.807) is 42.3 Å². The first-order valence-electron chi connectivity index (χ1n) is 10.8. The standard InChI is InChI=1S/C24H25N5O4/c1-32-11-3-8-29-21-7-6-19(23(31)28-9-12-33-13-10-28)15-20(21)26-24(29)27-22(30)18-5-2-4-17(14-18)16-25/h2,4-7,14-15H,3,8-13H2,1H3,(H,26,27,30). The number of ether oxygens (including phenoxy) is 2. The summed E-state index contributed by atoms with van der Waals surface area (Å²) in [7, 11) is 1.64. The maximum atomic E-state index is 12.9. The molecular weight excluding hydrogens is 422 g/mol.